The number of nitrogens with zero attached hydrogens (tertiary/aromatic N) is 2. The fourth-order valence-corrected chi connectivity index (χ4v) is 2.53. The maximum Gasteiger partial charge on any atom is 0.434 e. The predicted octanol–water partition coefficient (Wildman–Crippen LogP) is 4.00. The molecule has 168 valence electrons. The van der Waals surface area contributed by atoms with E-state index < -0.39 is 23.4 Å². The molecule has 0 aliphatic heterocycles. The van der Waals surface area contributed by atoms with Gasteiger partial charge in [0, 0.05) is 0 Å². The molecule has 0 radical (unpaired) electrons. The summed E-state index contributed by atoms with van der Waals surface area (Å²) in [6, 6.07) is 13.4. The Morgan fingerprint density at radius 2 is 1.61 bits per heavy atom. The van der Waals surface area contributed by atoms with E-state index in [9.17, 15) is 18.0 Å². The molecule has 3 aromatic rings. The molecule has 2 aromatic carbocycles. The number of rotatable bonds is 5. The molecule has 1 aromatic heterocycles. The first-order valence-corrected chi connectivity index (χ1v) is 8.36. The van der Waals surface area contributed by atoms with Gasteiger partial charge in [-0.3, -0.25) is 5.84 Å². The smallest absolute Gasteiger partial charge is 0.434 e. The van der Waals surface area contributed by atoms with Gasteiger partial charge in [0.2, 0.25) is 0 Å². The van der Waals surface area contributed by atoms with Gasteiger partial charge < -0.3 is 20.0 Å². The van der Waals surface area contributed by atoms with E-state index in [0.29, 0.717) is 10.9 Å². The van der Waals surface area contributed by atoms with E-state index in [1.807, 2.05) is 24.3 Å². The van der Waals surface area contributed by atoms with Gasteiger partial charge in [-0.15, -0.1) is 12.4 Å². The number of hydrazine groups is 1. The van der Waals surface area contributed by atoms with Crippen molar-refractivity contribution >= 4 is 24.1 Å². The second kappa shape index (κ2) is 11.1. The Bertz CT molecular complexity index is 989. The van der Waals surface area contributed by atoms with Crippen LogP contribution in [0, 0.1) is 0 Å². The molecule has 0 aliphatic rings. The molecule has 0 saturated heterocycles. The Labute approximate surface area is 181 Å². The monoisotopic (exact) mass is 460 g/mol. The molecule has 4 N–H and O–H groups in total. The van der Waals surface area contributed by atoms with E-state index in [1.165, 1.54) is 25.3 Å². The summed E-state index contributed by atoms with van der Waals surface area (Å²) < 4.78 is 49.6. The van der Waals surface area contributed by atoms with Crippen LogP contribution in [0.2, 0.25) is 0 Å². The van der Waals surface area contributed by atoms with Crippen LogP contribution in [0.25, 0.3) is 5.69 Å². The first-order chi connectivity index (χ1) is 14.2. The second-order valence-corrected chi connectivity index (χ2v) is 5.64. The fourth-order valence-electron chi connectivity index (χ4n) is 2.53. The van der Waals surface area contributed by atoms with Crippen LogP contribution < -0.4 is 20.7 Å². The molecule has 0 atom stereocenters. The number of para-hydroxylation sites is 4. The van der Waals surface area contributed by atoms with E-state index in [-0.39, 0.29) is 23.8 Å². The van der Waals surface area contributed by atoms with Crippen LogP contribution in [0.1, 0.15) is 16.1 Å². The number of anilines is 1. The van der Waals surface area contributed by atoms with E-state index in [1.54, 1.807) is 13.2 Å². The minimum absolute atomic E-state index is 0. The summed E-state index contributed by atoms with van der Waals surface area (Å²) in [5, 5.41) is 12.3. The molecule has 0 bridgehead atoms. The Hall–Kier alpha value is -3.44. The standard InChI is InChI=1S/C12H9F3N2O3.C7H10N2O.ClH/c1-20-9-5-3-2-4-8(9)17-10(12(13,14)15)7(6-16-17)11(18)19;1-10-7-5-3-2-4-6(7)9-8;/h2-6H,1H3,(H,18,19);2-5,9H,8H2,1H3;1H. The number of carboxylic acid groups (broad SMARTS) is 1. The SMILES string of the molecule is COc1ccccc1-n1ncc(C(=O)O)c1C(F)(F)F.COc1ccccc1NN.Cl. The Kier molecular flexibility index (Phi) is 9.15. The van der Waals surface area contributed by atoms with Crippen LogP contribution in [-0.2, 0) is 6.18 Å². The van der Waals surface area contributed by atoms with Crippen LogP contribution >= 0.6 is 12.4 Å². The number of aromatic carboxylic acids is 1. The number of halogens is 4. The van der Waals surface area contributed by atoms with Gasteiger partial charge in [-0.25, -0.2) is 9.48 Å². The van der Waals surface area contributed by atoms with Crippen LogP contribution in [0.4, 0.5) is 18.9 Å². The van der Waals surface area contributed by atoms with Crippen molar-refractivity contribution in [1.82, 2.24) is 9.78 Å². The number of nitrogens with one attached hydrogen (secondary N) is 1. The molecule has 31 heavy (non-hydrogen) atoms. The number of ether oxygens (including phenoxy) is 2. The first-order valence-electron chi connectivity index (χ1n) is 8.36. The van der Waals surface area contributed by atoms with Crippen molar-refractivity contribution in [2.75, 3.05) is 19.6 Å². The maximum absolute atomic E-state index is 13.1. The zero-order valence-electron chi connectivity index (χ0n) is 16.4. The van der Waals surface area contributed by atoms with Crippen molar-refractivity contribution in [3.8, 4) is 17.2 Å². The number of carbonyl (C=O) groups is 1. The van der Waals surface area contributed by atoms with E-state index in [4.69, 9.17) is 20.4 Å². The molecule has 0 unspecified atom stereocenters. The summed E-state index contributed by atoms with van der Waals surface area (Å²) >= 11 is 0. The molecule has 8 nitrogen and oxygen atoms in total. The van der Waals surface area contributed by atoms with Crippen molar-refractivity contribution in [2.24, 2.45) is 5.84 Å². The average Bonchev–Trinajstić information content (AvgIpc) is 3.20. The van der Waals surface area contributed by atoms with Gasteiger partial charge >= 0.3 is 12.1 Å². The lowest BCUT2D eigenvalue weighted by Crippen LogP contribution is -2.17. The van der Waals surface area contributed by atoms with Crippen LogP contribution in [0.3, 0.4) is 0 Å². The van der Waals surface area contributed by atoms with Crippen LogP contribution in [0.15, 0.2) is 54.7 Å². The Morgan fingerprint density at radius 3 is 2.10 bits per heavy atom. The number of alkyl halides is 3. The van der Waals surface area contributed by atoms with Crippen molar-refractivity contribution in [2.45, 2.75) is 6.18 Å². The van der Waals surface area contributed by atoms with E-state index >= 15 is 0 Å². The van der Waals surface area contributed by atoms with Crippen LogP contribution in [-0.4, -0.2) is 35.1 Å². The Morgan fingerprint density at radius 1 is 1.06 bits per heavy atom. The first kappa shape index (κ1) is 25.6. The third-order valence-electron chi connectivity index (χ3n) is 3.84. The predicted molar refractivity (Wildman–Crippen MR) is 110 cm³/mol. The fraction of sp³-hybridized carbons (Fsp3) is 0.158. The van der Waals surface area contributed by atoms with Gasteiger partial charge in [0.25, 0.3) is 0 Å². The van der Waals surface area contributed by atoms with Gasteiger partial charge in [-0.1, -0.05) is 24.3 Å². The highest BCUT2D eigenvalue weighted by molar-refractivity contribution is 5.89. The Balaban J connectivity index is 0.000000370. The summed E-state index contributed by atoms with van der Waals surface area (Å²) in [6.45, 7) is 0. The van der Waals surface area contributed by atoms with Crippen molar-refractivity contribution in [3.05, 3.63) is 66.0 Å². The average molecular weight is 461 g/mol. The van der Waals surface area contributed by atoms with E-state index in [2.05, 4.69) is 10.5 Å². The molecule has 12 heteroatoms. The summed E-state index contributed by atoms with van der Waals surface area (Å²) in [7, 11) is 2.91. The second-order valence-electron chi connectivity index (χ2n) is 5.64. The normalized spacial score (nSPS) is 10.3. The van der Waals surface area contributed by atoms with E-state index in [0.717, 1.165) is 11.4 Å². The summed E-state index contributed by atoms with van der Waals surface area (Å²) in [5.41, 5.74) is 1.06. The highest BCUT2D eigenvalue weighted by Gasteiger charge is 2.41. The quantitative estimate of drug-likeness (QED) is 0.389. The number of hydrogen-bond donors (Lipinski definition) is 3. The molecule has 0 aliphatic carbocycles. The molecule has 0 fully saturated rings. The van der Waals surface area contributed by atoms with Crippen molar-refractivity contribution < 1.29 is 32.5 Å². The molecule has 0 amide bonds. The van der Waals surface area contributed by atoms with Crippen molar-refractivity contribution in [1.29, 1.82) is 0 Å². The lowest BCUT2D eigenvalue weighted by Gasteiger charge is -2.13. The minimum atomic E-state index is -4.86. The number of aromatic nitrogens is 2. The molecule has 0 saturated carbocycles. The number of hydrogen-bond acceptors (Lipinski definition) is 6. The molecule has 0 spiro atoms. The third kappa shape index (κ3) is 6.03. The number of nitrogen functional groups attached to an aromatic ring is 1. The lowest BCUT2D eigenvalue weighted by atomic mass is 10.2. The molecular formula is C19H20ClF3N4O4. The van der Waals surface area contributed by atoms with Gasteiger partial charge in [0.1, 0.15) is 22.7 Å². The topological polar surface area (TPSA) is 112 Å². The lowest BCUT2D eigenvalue weighted by molar-refractivity contribution is -0.143. The van der Waals surface area contributed by atoms with Gasteiger partial charge in [0.05, 0.1) is 26.1 Å². The zero-order chi connectivity index (χ0) is 22.3. The van der Waals surface area contributed by atoms with Crippen molar-refractivity contribution in [3.63, 3.8) is 0 Å². The summed E-state index contributed by atoms with van der Waals surface area (Å²) in [4.78, 5) is 10.9. The van der Waals surface area contributed by atoms with Crippen LogP contribution in [0.5, 0.6) is 11.5 Å². The molecular weight excluding hydrogens is 441 g/mol. The molecule has 3 rings (SSSR count). The minimum Gasteiger partial charge on any atom is -0.495 e. The maximum atomic E-state index is 13.1. The third-order valence-corrected chi connectivity index (χ3v) is 3.84. The zero-order valence-corrected chi connectivity index (χ0v) is 17.2. The number of carboxylic acids is 1. The van der Waals surface area contributed by atoms with Gasteiger partial charge in [-0.2, -0.15) is 18.3 Å². The number of nitrogens with two attached hydrogens (primary N) is 1. The largest absolute Gasteiger partial charge is 0.495 e. The highest BCUT2D eigenvalue weighted by Crippen LogP contribution is 2.35. The molecule has 1 heterocycles. The van der Waals surface area contributed by atoms with Gasteiger partial charge in [-0.05, 0) is 24.3 Å². The number of methoxy groups -OCH3 is 2. The highest BCUT2D eigenvalue weighted by atomic mass is 35.5. The number of benzene rings is 2. The van der Waals surface area contributed by atoms with Gasteiger partial charge in [0.15, 0.2) is 5.69 Å². The summed E-state index contributed by atoms with van der Waals surface area (Å²) in [6.07, 6.45) is -4.19. The summed E-state index contributed by atoms with van der Waals surface area (Å²) in [5.74, 6) is 4.41.